The molecule has 0 aliphatic carbocycles. The summed E-state index contributed by atoms with van der Waals surface area (Å²) in [6.07, 6.45) is 2.06. The molecule has 1 unspecified atom stereocenters. The van der Waals surface area contributed by atoms with E-state index in [0.29, 0.717) is 11.5 Å². The average Bonchev–Trinajstić information content (AvgIpc) is 2.77. The number of thioether (sulfide) groups is 1. The Labute approximate surface area is 85.6 Å². The maximum absolute atomic E-state index is 11.6. The van der Waals surface area contributed by atoms with E-state index in [1.54, 1.807) is 18.7 Å². The number of carbonyl (C=O) groups excluding carboxylic acids is 1. The van der Waals surface area contributed by atoms with Crippen molar-refractivity contribution in [2.45, 2.75) is 25.0 Å². The van der Waals surface area contributed by atoms with Crippen LogP contribution in [-0.4, -0.2) is 27.2 Å². The lowest BCUT2D eigenvalue weighted by atomic mass is 10.2. The van der Waals surface area contributed by atoms with E-state index in [2.05, 4.69) is 20.3 Å². The molecule has 1 fully saturated rings. The van der Waals surface area contributed by atoms with Crippen molar-refractivity contribution in [1.82, 2.24) is 10.3 Å². The molecule has 2 rings (SSSR count). The van der Waals surface area contributed by atoms with Crippen LogP contribution in [0.4, 0.5) is 5.82 Å². The average molecular weight is 213 g/mol. The van der Waals surface area contributed by atoms with Crippen molar-refractivity contribution in [2.24, 2.45) is 0 Å². The van der Waals surface area contributed by atoms with Crippen LogP contribution in [0.1, 0.15) is 18.5 Å². The second-order valence-corrected chi connectivity index (χ2v) is 4.50. The zero-order chi connectivity index (χ0) is 9.97. The first-order valence-electron chi connectivity index (χ1n) is 4.49. The largest absolute Gasteiger partial charge is 0.305 e. The molecule has 1 atom stereocenters. The monoisotopic (exact) mass is 213 g/mol. The van der Waals surface area contributed by atoms with Gasteiger partial charge in [0.15, 0.2) is 5.82 Å². The maximum atomic E-state index is 11.6. The van der Waals surface area contributed by atoms with Gasteiger partial charge in [0.2, 0.25) is 5.91 Å². The van der Waals surface area contributed by atoms with E-state index in [9.17, 15) is 4.79 Å². The Morgan fingerprint density at radius 2 is 2.50 bits per heavy atom. The normalized spacial score (nSPS) is 21.1. The number of aryl methyl sites for hydroxylation is 1. The van der Waals surface area contributed by atoms with Crippen LogP contribution in [0.3, 0.4) is 0 Å². The third kappa shape index (κ3) is 1.89. The number of nitrogens with zero attached hydrogens (tertiary/aromatic N) is 2. The van der Waals surface area contributed by atoms with Crippen LogP contribution in [0.5, 0.6) is 0 Å². The van der Waals surface area contributed by atoms with Crippen molar-refractivity contribution in [3.05, 3.63) is 5.69 Å². The van der Waals surface area contributed by atoms with Gasteiger partial charge in [-0.3, -0.25) is 4.79 Å². The Morgan fingerprint density at radius 1 is 1.64 bits per heavy atom. The quantitative estimate of drug-likeness (QED) is 0.799. The van der Waals surface area contributed by atoms with Crippen molar-refractivity contribution < 1.29 is 9.42 Å². The number of nitrogens with one attached hydrogen (secondary N) is 1. The molecule has 14 heavy (non-hydrogen) atoms. The summed E-state index contributed by atoms with van der Waals surface area (Å²) in [5.41, 5.74) is 0.612. The van der Waals surface area contributed by atoms with Gasteiger partial charge in [0.05, 0.1) is 5.25 Å². The van der Waals surface area contributed by atoms with Crippen LogP contribution in [0.2, 0.25) is 0 Å². The number of rotatable bonds is 2. The molecule has 0 bridgehead atoms. The van der Waals surface area contributed by atoms with Gasteiger partial charge in [-0.05, 0) is 30.7 Å². The molecular formula is C8H11N3O2S. The molecule has 2 heterocycles. The van der Waals surface area contributed by atoms with Crippen LogP contribution >= 0.6 is 11.8 Å². The van der Waals surface area contributed by atoms with Gasteiger partial charge in [-0.15, -0.1) is 11.8 Å². The van der Waals surface area contributed by atoms with Crippen molar-refractivity contribution in [2.75, 3.05) is 11.1 Å². The van der Waals surface area contributed by atoms with Crippen LogP contribution in [-0.2, 0) is 4.79 Å². The minimum absolute atomic E-state index is 0.00583. The van der Waals surface area contributed by atoms with Crippen molar-refractivity contribution >= 4 is 23.5 Å². The summed E-state index contributed by atoms with van der Waals surface area (Å²) in [5, 5.41) is 9.95. The number of carbonyl (C=O) groups is 1. The minimum Gasteiger partial charge on any atom is -0.305 e. The van der Waals surface area contributed by atoms with Crippen molar-refractivity contribution in [3.63, 3.8) is 0 Å². The third-order valence-electron chi connectivity index (χ3n) is 2.12. The predicted octanol–water partition coefficient (Wildman–Crippen LogP) is 1.21. The van der Waals surface area contributed by atoms with Gasteiger partial charge in [0.1, 0.15) is 5.69 Å². The highest BCUT2D eigenvalue weighted by molar-refractivity contribution is 8.00. The number of hydrogen-bond acceptors (Lipinski definition) is 5. The lowest BCUT2D eigenvalue weighted by Gasteiger charge is -2.06. The van der Waals surface area contributed by atoms with Crippen molar-refractivity contribution in [1.29, 1.82) is 0 Å². The molecule has 76 valence electrons. The van der Waals surface area contributed by atoms with Gasteiger partial charge in [0, 0.05) is 0 Å². The van der Waals surface area contributed by atoms with Crippen LogP contribution in [0.15, 0.2) is 4.63 Å². The lowest BCUT2D eigenvalue weighted by molar-refractivity contribution is -0.115. The fraction of sp³-hybridized carbons (Fsp3) is 0.625. The molecule has 0 aromatic carbocycles. The highest BCUT2D eigenvalue weighted by Crippen LogP contribution is 2.27. The maximum Gasteiger partial charge on any atom is 0.238 e. The molecule has 0 spiro atoms. The Hall–Kier alpha value is -1.04. The summed E-state index contributed by atoms with van der Waals surface area (Å²) in [6.45, 7) is 1.74. The highest BCUT2D eigenvalue weighted by atomic mass is 32.2. The Bertz CT molecular complexity index is 333. The molecule has 1 saturated heterocycles. The summed E-state index contributed by atoms with van der Waals surface area (Å²) in [7, 11) is 0. The summed E-state index contributed by atoms with van der Waals surface area (Å²) < 4.78 is 4.49. The number of hydrogen-bond donors (Lipinski definition) is 1. The topological polar surface area (TPSA) is 68.0 Å². The van der Waals surface area contributed by atoms with E-state index >= 15 is 0 Å². The molecule has 1 aromatic rings. The summed E-state index contributed by atoms with van der Waals surface area (Å²) in [5.74, 6) is 1.50. The molecule has 1 aliphatic heterocycles. The van der Waals surface area contributed by atoms with Crippen LogP contribution in [0, 0.1) is 6.92 Å². The first kappa shape index (κ1) is 9.51. The van der Waals surface area contributed by atoms with Gasteiger partial charge in [-0.2, -0.15) is 0 Å². The van der Waals surface area contributed by atoms with E-state index in [4.69, 9.17) is 0 Å². The first-order valence-corrected chi connectivity index (χ1v) is 5.54. The molecule has 6 heteroatoms. The van der Waals surface area contributed by atoms with Crippen LogP contribution < -0.4 is 5.32 Å². The van der Waals surface area contributed by atoms with Gasteiger partial charge in [-0.25, -0.2) is 4.63 Å². The number of aromatic nitrogens is 2. The molecule has 1 amide bonds. The fourth-order valence-electron chi connectivity index (χ4n) is 1.33. The minimum atomic E-state index is 0.00583. The van der Waals surface area contributed by atoms with Gasteiger partial charge in [-0.1, -0.05) is 5.16 Å². The molecule has 1 aliphatic rings. The van der Waals surface area contributed by atoms with Gasteiger partial charge < -0.3 is 5.32 Å². The second kappa shape index (κ2) is 4.00. The SMILES string of the molecule is Cc1nonc1NC(=O)C1CCCS1. The molecule has 1 N–H and O–H groups in total. The third-order valence-corrected chi connectivity index (χ3v) is 3.49. The van der Waals surface area contributed by atoms with Crippen LogP contribution in [0.25, 0.3) is 0 Å². The highest BCUT2D eigenvalue weighted by Gasteiger charge is 2.24. The van der Waals surface area contributed by atoms with E-state index in [1.165, 1.54) is 0 Å². The Kier molecular flexibility index (Phi) is 2.72. The molecule has 5 nitrogen and oxygen atoms in total. The van der Waals surface area contributed by atoms with Gasteiger partial charge in [0.25, 0.3) is 0 Å². The van der Waals surface area contributed by atoms with Crippen molar-refractivity contribution in [3.8, 4) is 0 Å². The molecule has 1 aromatic heterocycles. The van der Waals surface area contributed by atoms with E-state index < -0.39 is 0 Å². The van der Waals surface area contributed by atoms with Gasteiger partial charge >= 0.3 is 0 Å². The van der Waals surface area contributed by atoms with E-state index in [1.807, 2.05) is 0 Å². The standard InChI is InChI=1S/C8H11N3O2S/c1-5-7(11-13-10-5)9-8(12)6-3-2-4-14-6/h6H,2-4H2,1H3,(H,9,11,12). The summed E-state index contributed by atoms with van der Waals surface area (Å²) >= 11 is 1.69. The zero-order valence-corrected chi connectivity index (χ0v) is 8.63. The first-order chi connectivity index (χ1) is 6.77. The van der Waals surface area contributed by atoms with E-state index in [0.717, 1.165) is 18.6 Å². The number of amides is 1. The predicted molar refractivity (Wildman–Crippen MR) is 53.1 cm³/mol. The second-order valence-electron chi connectivity index (χ2n) is 3.19. The number of anilines is 1. The smallest absolute Gasteiger partial charge is 0.238 e. The fourth-order valence-corrected chi connectivity index (χ4v) is 2.49. The molecule has 0 saturated carbocycles. The Balaban J connectivity index is 1.97. The molecule has 0 radical (unpaired) electrons. The zero-order valence-electron chi connectivity index (χ0n) is 7.82. The lowest BCUT2D eigenvalue weighted by Crippen LogP contribution is -2.23. The summed E-state index contributed by atoms with van der Waals surface area (Å²) in [4.78, 5) is 11.6. The Morgan fingerprint density at radius 3 is 3.07 bits per heavy atom. The van der Waals surface area contributed by atoms with E-state index in [-0.39, 0.29) is 11.2 Å². The summed E-state index contributed by atoms with van der Waals surface area (Å²) in [6, 6.07) is 0. The molecular weight excluding hydrogens is 202 g/mol.